The summed E-state index contributed by atoms with van der Waals surface area (Å²) in [4.78, 5) is 11.7. The van der Waals surface area contributed by atoms with E-state index >= 15 is 0 Å². The molecule has 0 saturated carbocycles. The summed E-state index contributed by atoms with van der Waals surface area (Å²) in [5.74, 6) is -1.49. The summed E-state index contributed by atoms with van der Waals surface area (Å²) in [5.41, 5.74) is 7.29. The summed E-state index contributed by atoms with van der Waals surface area (Å²) < 4.78 is 13.1. The number of aromatic hydroxyl groups is 1. The van der Waals surface area contributed by atoms with Crippen molar-refractivity contribution in [3.8, 4) is 5.75 Å². The van der Waals surface area contributed by atoms with Gasteiger partial charge in [-0.15, -0.1) is 0 Å². The first-order valence-corrected chi connectivity index (χ1v) is 5.67. The summed E-state index contributed by atoms with van der Waals surface area (Å²) in [6.07, 6.45) is 0.169. The van der Waals surface area contributed by atoms with Crippen LogP contribution >= 0.6 is 0 Å². The number of hydrogen-bond acceptors (Lipinski definition) is 3. The highest BCUT2D eigenvalue weighted by Gasteiger charge is 2.06. The third-order valence-corrected chi connectivity index (χ3v) is 2.58. The minimum atomic E-state index is -0.773. The van der Waals surface area contributed by atoms with E-state index in [1.165, 1.54) is 12.1 Å². The lowest BCUT2D eigenvalue weighted by atomic mass is 10.1. The number of nitrogen functional groups attached to an aromatic ring is 1. The largest absolute Gasteiger partial charge is 0.505 e. The Morgan fingerprint density at radius 1 is 1.21 bits per heavy atom. The molecule has 2 aromatic rings. The van der Waals surface area contributed by atoms with Gasteiger partial charge >= 0.3 is 0 Å². The standard InChI is InChI=1S/C14H13FN2O2/c15-12-8-11(5-6-13(12)18)17-14(19)7-9-1-3-10(16)4-2-9/h1-6,8,18H,7,16H2,(H,17,19). The molecule has 19 heavy (non-hydrogen) atoms. The highest BCUT2D eigenvalue weighted by Crippen LogP contribution is 2.19. The van der Waals surface area contributed by atoms with Crippen LogP contribution in [0.15, 0.2) is 42.5 Å². The van der Waals surface area contributed by atoms with Crippen molar-refractivity contribution < 1.29 is 14.3 Å². The van der Waals surface area contributed by atoms with E-state index in [0.29, 0.717) is 11.4 Å². The number of carbonyl (C=O) groups excluding carboxylic acids is 1. The van der Waals surface area contributed by atoms with Gasteiger partial charge in [0.2, 0.25) is 5.91 Å². The molecule has 1 amide bonds. The predicted octanol–water partition coefficient (Wildman–Crippen LogP) is 2.29. The normalized spacial score (nSPS) is 10.2. The van der Waals surface area contributed by atoms with E-state index < -0.39 is 11.6 Å². The first-order chi connectivity index (χ1) is 9.04. The number of nitrogens with two attached hydrogens (primary N) is 1. The zero-order valence-corrected chi connectivity index (χ0v) is 10.1. The number of anilines is 2. The Morgan fingerprint density at radius 2 is 1.89 bits per heavy atom. The Labute approximate surface area is 109 Å². The molecule has 2 rings (SSSR count). The van der Waals surface area contributed by atoms with E-state index in [1.54, 1.807) is 24.3 Å². The van der Waals surface area contributed by atoms with Gasteiger partial charge in [-0.3, -0.25) is 4.79 Å². The zero-order valence-electron chi connectivity index (χ0n) is 10.1. The topological polar surface area (TPSA) is 75.4 Å². The van der Waals surface area contributed by atoms with Crippen LogP contribution < -0.4 is 11.1 Å². The lowest BCUT2D eigenvalue weighted by Gasteiger charge is -2.06. The molecule has 0 aliphatic rings. The first kappa shape index (κ1) is 12.9. The van der Waals surface area contributed by atoms with Crippen LogP contribution in [0.3, 0.4) is 0 Å². The van der Waals surface area contributed by atoms with Crippen LogP contribution in [0.2, 0.25) is 0 Å². The average Bonchev–Trinajstić information content (AvgIpc) is 2.37. The molecule has 0 bridgehead atoms. The molecule has 0 radical (unpaired) electrons. The van der Waals surface area contributed by atoms with Gasteiger partial charge < -0.3 is 16.2 Å². The molecule has 0 unspecified atom stereocenters. The summed E-state index contributed by atoms with van der Waals surface area (Å²) in [6, 6.07) is 10.6. The molecule has 0 saturated heterocycles. The molecule has 0 atom stereocenters. The van der Waals surface area contributed by atoms with Gasteiger partial charge in [0, 0.05) is 17.4 Å². The molecule has 98 valence electrons. The van der Waals surface area contributed by atoms with Gasteiger partial charge in [0.15, 0.2) is 11.6 Å². The second-order valence-corrected chi connectivity index (χ2v) is 4.13. The summed E-state index contributed by atoms with van der Waals surface area (Å²) >= 11 is 0. The molecule has 4 nitrogen and oxygen atoms in total. The van der Waals surface area contributed by atoms with Crippen LogP contribution in [-0.4, -0.2) is 11.0 Å². The number of halogens is 1. The smallest absolute Gasteiger partial charge is 0.228 e. The summed E-state index contributed by atoms with van der Waals surface area (Å²) in [7, 11) is 0. The monoisotopic (exact) mass is 260 g/mol. The Kier molecular flexibility index (Phi) is 3.66. The number of amides is 1. The molecular weight excluding hydrogens is 247 g/mol. The van der Waals surface area contributed by atoms with Gasteiger partial charge in [-0.2, -0.15) is 0 Å². The van der Waals surface area contributed by atoms with Gasteiger partial charge in [-0.1, -0.05) is 12.1 Å². The van der Waals surface area contributed by atoms with Crippen LogP contribution in [0.4, 0.5) is 15.8 Å². The number of phenols is 1. The number of rotatable bonds is 3. The van der Waals surface area contributed by atoms with Crippen LogP contribution in [-0.2, 0) is 11.2 Å². The number of phenolic OH excluding ortho intramolecular Hbond substituents is 1. The van der Waals surface area contributed by atoms with Gasteiger partial charge in [-0.25, -0.2) is 4.39 Å². The predicted molar refractivity (Wildman–Crippen MR) is 71.3 cm³/mol. The first-order valence-electron chi connectivity index (χ1n) is 5.67. The number of hydrogen-bond donors (Lipinski definition) is 3. The quantitative estimate of drug-likeness (QED) is 0.585. The maximum absolute atomic E-state index is 13.1. The minimum Gasteiger partial charge on any atom is -0.505 e. The average molecular weight is 260 g/mol. The fraction of sp³-hybridized carbons (Fsp3) is 0.0714. The van der Waals surface area contributed by atoms with E-state index in [0.717, 1.165) is 11.6 Å². The number of carbonyl (C=O) groups is 1. The fourth-order valence-electron chi connectivity index (χ4n) is 1.61. The SMILES string of the molecule is Nc1ccc(CC(=O)Nc2ccc(O)c(F)c2)cc1. The molecule has 4 N–H and O–H groups in total. The molecular formula is C14H13FN2O2. The Hall–Kier alpha value is -2.56. The van der Waals surface area contributed by atoms with Crippen LogP contribution in [0.1, 0.15) is 5.56 Å². The fourth-order valence-corrected chi connectivity index (χ4v) is 1.61. The number of benzene rings is 2. The van der Waals surface area contributed by atoms with Crippen molar-refractivity contribution in [2.24, 2.45) is 0 Å². The molecule has 0 fully saturated rings. The summed E-state index contributed by atoms with van der Waals surface area (Å²) in [5, 5.41) is 11.6. The van der Waals surface area contributed by atoms with Crippen molar-refractivity contribution in [1.29, 1.82) is 0 Å². The van der Waals surface area contributed by atoms with Crippen LogP contribution in [0, 0.1) is 5.82 Å². The highest BCUT2D eigenvalue weighted by molar-refractivity contribution is 5.92. The summed E-state index contributed by atoms with van der Waals surface area (Å²) in [6.45, 7) is 0. The molecule has 0 aliphatic heterocycles. The van der Waals surface area contributed by atoms with E-state index in [9.17, 15) is 9.18 Å². The van der Waals surface area contributed by atoms with Crippen LogP contribution in [0.5, 0.6) is 5.75 Å². The maximum Gasteiger partial charge on any atom is 0.228 e. The van der Waals surface area contributed by atoms with Crippen LogP contribution in [0.25, 0.3) is 0 Å². The molecule has 0 aromatic heterocycles. The van der Waals surface area contributed by atoms with Crippen molar-refractivity contribution >= 4 is 17.3 Å². The molecule has 2 aromatic carbocycles. The van der Waals surface area contributed by atoms with Gasteiger partial charge in [0.1, 0.15) is 0 Å². The second kappa shape index (κ2) is 5.39. The maximum atomic E-state index is 13.1. The molecule has 0 heterocycles. The lowest BCUT2D eigenvalue weighted by Crippen LogP contribution is -2.14. The highest BCUT2D eigenvalue weighted by atomic mass is 19.1. The van der Waals surface area contributed by atoms with Gasteiger partial charge in [0.25, 0.3) is 0 Å². The third-order valence-electron chi connectivity index (χ3n) is 2.58. The van der Waals surface area contributed by atoms with E-state index in [4.69, 9.17) is 10.8 Å². The van der Waals surface area contributed by atoms with Crippen molar-refractivity contribution in [3.63, 3.8) is 0 Å². The Balaban J connectivity index is 2.01. The van der Waals surface area contributed by atoms with E-state index in [-0.39, 0.29) is 12.3 Å². The molecule has 0 spiro atoms. The second-order valence-electron chi connectivity index (χ2n) is 4.13. The van der Waals surface area contributed by atoms with Crippen molar-refractivity contribution in [2.75, 3.05) is 11.1 Å². The zero-order chi connectivity index (χ0) is 13.8. The van der Waals surface area contributed by atoms with Gasteiger partial charge in [-0.05, 0) is 29.8 Å². The van der Waals surface area contributed by atoms with E-state index in [1.807, 2.05) is 0 Å². The number of nitrogens with one attached hydrogen (secondary N) is 1. The Bertz CT molecular complexity index is 597. The van der Waals surface area contributed by atoms with Crippen molar-refractivity contribution in [3.05, 3.63) is 53.8 Å². The third kappa shape index (κ3) is 3.45. The van der Waals surface area contributed by atoms with Crippen molar-refractivity contribution in [2.45, 2.75) is 6.42 Å². The molecule has 0 aliphatic carbocycles. The molecule has 5 heteroatoms. The van der Waals surface area contributed by atoms with Crippen molar-refractivity contribution in [1.82, 2.24) is 0 Å². The van der Waals surface area contributed by atoms with Gasteiger partial charge in [0.05, 0.1) is 6.42 Å². The minimum absolute atomic E-state index is 0.169. The van der Waals surface area contributed by atoms with E-state index in [2.05, 4.69) is 5.32 Å². The lowest BCUT2D eigenvalue weighted by molar-refractivity contribution is -0.115. The Morgan fingerprint density at radius 3 is 2.53 bits per heavy atom.